The van der Waals surface area contributed by atoms with Crippen molar-refractivity contribution in [3.8, 4) is 0 Å². The van der Waals surface area contributed by atoms with E-state index >= 15 is 0 Å². The summed E-state index contributed by atoms with van der Waals surface area (Å²) in [6, 6.07) is 0.373. The van der Waals surface area contributed by atoms with E-state index in [9.17, 15) is 9.18 Å². The lowest BCUT2D eigenvalue weighted by Crippen LogP contribution is -2.38. The lowest BCUT2D eigenvalue weighted by atomic mass is 10.2. The first kappa shape index (κ1) is 12.9. The summed E-state index contributed by atoms with van der Waals surface area (Å²) in [4.78, 5) is 13.0. The number of nitrogens with zero attached hydrogens (tertiary/aromatic N) is 4. The Morgan fingerprint density at radius 1 is 1.67 bits per heavy atom. The molecule has 1 aromatic rings. The molecule has 1 amide bonds. The molecular weight excluding hydrogens is 237 g/mol. The van der Waals surface area contributed by atoms with Gasteiger partial charge in [-0.3, -0.25) is 14.4 Å². The molecule has 1 fully saturated rings. The maximum absolute atomic E-state index is 13.5. The molecule has 2 rings (SSSR count). The van der Waals surface area contributed by atoms with E-state index in [0.717, 1.165) is 0 Å². The number of rotatable bonds is 4. The Kier molecular flexibility index (Phi) is 3.60. The molecule has 0 saturated carbocycles. The monoisotopic (exact) mass is 255 g/mol. The summed E-state index contributed by atoms with van der Waals surface area (Å²) in [7, 11) is 0. The molecule has 0 radical (unpaired) electrons. The van der Waals surface area contributed by atoms with Gasteiger partial charge in [0.15, 0.2) is 5.69 Å². The minimum absolute atomic E-state index is 0.0856. The van der Waals surface area contributed by atoms with Crippen LogP contribution in [0.15, 0.2) is 6.20 Å². The smallest absolute Gasteiger partial charge is 0.270 e. The van der Waals surface area contributed by atoms with Gasteiger partial charge in [0, 0.05) is 18.6 Å². The molecule has 1 aliphatic rings. The lowest BCUT2D eigenvalue weighted by molar-refractivity contribution is 0.0995. The third-order valence-electron chi connectivity index (χ3n) is 3.26. The first-order chi connectivity index (χ1) is 8.47. The summed E-state index contributed by atoms with van der Waals surface area (Å²) in [5, 5.41) is 7.51. The van der Waals surface area contributed by atoms with Crippen molar-refractivity contribution in [3.63, 3.8) is 0 Å². The topological polar surface area (TPSA) is 77.0 Å². The van der Waals surface area contributed by atoms with Crippen LogP contribution in [0.1, 0.15) is 30.8 Å². The first-order valence-corrected chi connectivity index (χ1v) is 6.07. The molecule has 0 spiro atoms. The van der Waals surface area contributed by atoms with Crippen LogP contribution in [-0.2, 0) is 6.54 Å². The average molecular weight is 255 g/mol. The standard InChI is InChI=1S/C11H18FN5O/c1-7(2)17-4-8(12)3-9(17)5-16-6-10(11(13)18)14-15-16/h6-9H,3-5H2,1-2H3,(H2,13,18)/t8-,9-/m0/s1. The Bertz CT molecular complexity index is 433. The second-order valence-electron chi connectivity index (χ2n) is 4.97. The van der Waals surface area contributed by atoms with E-state index in [1.807, 2.05) is 13.8 Å². The molecule has 100 valence electrons. The van der Waals surface area contributed by atoms with E-state index in [1.54, 1.807) is 4.68 Å². The van der Waals surface area contributed by atoms with Crippen LogP contribution in [0.5, 0.6) is 0 Å². The molecule has 18 heavy (non-hydrogen) atoms. The van der Waals surface area contributed by atoms with Gasteiger partial charge < -0.3 is 5.73 Å². The molecule has 0 unspecified atom stereocenters. The third kappa shape index (κ3) is 2.66. The van der Waals surface area contributed by atoms with Crippen molar-refractivity contribution in [3.05, 3.63) is 11.9 Å². The van der Waals surface area contributed by atoms with Crippen LogP contribution in [0.25, 0.3) is 0 Å². The van der Waals surface area contributed by atoms with Crippen molar-refractivity contribution in [2.75, 3.05) is 6.54 Å². The van der Waals surface area contributed by atoms with E-state index < -0.39 is 12.1 Å². The quantitative estimate of drug-likeness (QED) is 0.833. The molecule has 0 bridgehead atoms. The molecule has 1 aliphatic heterocycles. The van der Waals surface area contributed by atoms with Crippen LogP contribution in [0.2, 0.25) is 0 Å². The molecule has 1 aromatic heterocycles. The highest BCUT2D eigenvalue weighted by molar-refractivity contribution is 5.90. The van der Waals surface area contributed by atoms with Crippen molar-refractivity contribution >= 4 is 5.91 Å². The zero-order chi connectivity index (χ0) is 13.3. The lowest BCUT2D eigenvalue weighted by Gasteiger charge is -2.27. The van der Waals surface area contributed by atoms with E-state index in [-0.39, 0.29) is 17.8 Å². The zero-order valence-electron chi connectivity index (χ0n) is 10.6. The van der Waals surface area contributed by atoms with Gasteiger partial charge in [0.05, 0.1) is 12.7 Å². The van der Waals surface area contributed by atoms with Gasteiger partial charge in [-0.1, -0.05) is 5.21 Å². The van der Waals surface area contributed by atoms with Crippen molar-refractivity contribution in [1.29, 1.82) is 0 Å². The van der Waals surface area contributed by atoms with Gasteiger partial charge in [0.25, 0.3) is 5.91 Å². The maximum Gasteiger partial charge on any atom is 0.270 e. The zero-order valence-corrected chi connectivity index (χ0v) is 10.6. The normalized spacial score (nSPS) is 24.9. The highest BCUT2D eigenvalue weighted by Crippen LogP contribution is 2.23. The summed E-state index contributed by atoms with van der Waals surface area (Å²) in [5.74, 6) is -0.600. The number of amides is 1. The fourth-order valence-corrected chi connectivity index (χ4v) is 2.41. The molecule has 1 saturated heterocycles. The van der Waals surface area contributed by atoms with Crippen LogP contribution >= 0.6 is 0 Å². The number of carbonyl (C=O) groups excluding carboxylic acids is 1. The number of hydrogen-bond acceptors (Lipinski definition) is 4. The third-order valence-corrected chi connectivity index (χ3v) is 3.26. The molecule has 0 aromatic carbocycles. The first-order valence-electron chi connectivity index (χ1n) is 6.07. The van der Waals surface area contributed by atoms with E-state index in [1.165, 1.54) is 6.20 Å². The van der Waals surface area contributed by atoms with Crippen LogP contribution in [0, 0.1) is 0 Å². The Morgan fingerprint density at radius 3 is 2.94 bits per heavy atom. The average Bonchev–Trinajstić information content (AvgIpc) is 2.86. The van der Waals surface area contributed by atoms with Gasteiger partial charge >= 0.3 is 0 Å². The second-order valence-corrected chi connectivity index (χ2v) is 4.97. The minimum atomic E-state index is -0.795. The number of halogens is 1. The summed E-state index contributed by atoms with van der Waals surface area (Å²) in [6.45, 7) is 5.07. The predicted molar refractivity (Wildman–Crippen MR) is 63.7 cm³/mol. The molecule has 0 aliphatic carbocycles. The van der Waals surface area contributed by atoms with E-state index in [2.05, 4.69) is 15.2 Å². The van der Waals surface area contributed by atoms with Crippen LogP contribution in [0.3, 0.4) is 0 Å². The number of carbonyl (C=O) groups is 1. The molecule has 6 nitrogen and oxygen atoms in total. The summed E-state index contributed by atoms with van der Waals surface area (Å²) in [5.41, 5.74) is 5.25. The molecular formula is C11H18FN5O. The second kappa shape index (κ2) is 5.01. The minimum Gasteiger partial charge on any atom is -0.364 e. The molecule has 2 N–H and O–H groups in total. The summed E-state index contributed by atoms with van der Waals surface area (Å²) in [6.07, 6.45) is 1.20. The fourth-order valence-electron chi connectivity index (χ4n) is 2.41. The molecule has 7 heteroatoms. The van der Waals surface area contributed by atoms with Gasteiger partial charge in [0.1, 0.15) is 6.17 Å². The van der Waals surface area contributed by atoms with Crippen LogP contribution < -0.4 is 5.73 Å². The van der Waals surface area contributed by atoms with E-state index in [4.69, 9.17) is 5.73 Å². The predicted octanol–water partition coefficient (Wildman–Crippen LogP) is 0.198. The number of hydrogen-bond donors (Lipinski definition) is 1. The van der Waals surface area contributed by atoms with Crippen molar-refractivity contribution in [2.24, 2.45) is 5.73 Å². The Labute approximate surface area is 105 Å². The fraction of sp³-hybridized carbons (Fsp3) is 0.727. The van der Waals surface area contributed by atoms with E-state index in [0.29, 0.717) is 19.5 Å². The molecule has 2 heterocycles. The molecule has 2 atom stereocenters. The number of nitrogens with two attached hydrogens (primary N) is 1. The number of likely N-dealkylation sites (tertiary alicyclic amines) is 1. The summed E-state index contributed by atoms with van der Waals surface area (Å²) >= 11 is 0. The van der Waals surface area contributed by atoms with Crippen LogP contribution in [-0.4, -0.2) is 50.6 Å². The number of alkyl halides is 1. The van der Waals surface area contributed by atoms with Gasteiger partial charge in [-0.15, -0.1) is 5.10 Å². The highest BCUT2D eigenvalue weighted by Gasteiger charge is 2.33. The van der Waals surface area contributed by atoms with Gasteiger partial charge in [0.2, 0.25) is 0 Å². The summed E-state index contributed by atoms with van der Waals surface area (Å²) < 4.78 is 15.0. The van der Waals surface area contributed by atoms with Gasteiger partial charge in [-0.2, -0.15) is 0 Å². The van der Waals surface area contributed by atoms with Gasteiger partial charge in [-0.25, -0.2) is 4.39 Å². The maximum atomic E-state index is 13.5. The SMILES string of the molecule is CC(C)N1C[C@@H](F)C[C@H]1Cn1cc(C(N)=O)nn1. The van der Waals surface area contributed by atoms with Crippen molar-refractivity contribution in [1.82, 2.24) is 19.9 Å². The number of primary amides is 1. The Hall–Kier alpha value is -1.50. The Balaban J connectivity index is 2.05. The van der Waals surface area contributed by atoms with Crippen molar-refractivity contribution < 1.29 is 9.18 Å². The van der Waals surface area contributed by atoms with Crippen molar-refractivity contribution in [2.45, 2.75) is 45.1 Å². The van der Waals surface area contributed by atoms with Crippen LogP contribution in [0.4, 0.5) is 4.39 Å². The largest absolute Gasteiger partial charge is 0.364 e. The highest BCUT2D eigenvalue weighted by atomic mass is 19.1. The Morgan fingerprint density at radius 2 is 2.39 bits per heavy atom. The number of aromatic nitrogens is 3. The van der Waals surface area contributed by atoms with Gasteiger partial charge in [-0.05, 0) is 20.3 Å².